The van der Waals surface area contributed by atoms with Gasteiger partial charge in [-0.25, -0.2) is 4.79 Å². The maximum absolute atomic E-state index is 10.5. The van der Waals surface area contributed by atoms with Crippen LogP contribution in [-0.2, 0) is 4.74 Å². The Morgan fingerprint density at radius 2 is 2.40 bits per heavy atom. The number of methoxy groups -OCH3 is 1. The van der Waals surface area contributed by atoms with Crippen LogP contribution in [0.25, 0.3) is 0 Å². The van der Waals surface area contributed by atoms with Crippen LogP contribution in [0.3, 0.4) is 0 Å². The number of anilines is 1. The Kier molecular flexibility index (Phi) is 4.14. The second kappa shape index (κ2) is 5.38. The molecule has 6 heteroatoms. The summed E-state index contributed by atoms with van der Waals surface area (Å²) < 4.78 is 9.63. The molecule has 0 fully saturated rings. The van der Waals surface area contributed by atoms with Crippen LogP contribution in [-0.4, -0.2) is 42.5 Å². The molecule has 84 valence electrons. The zero-order valence-corrected chi connectivity index (χ0v) is 8.27. The normalized spacial score (nSPS) is 12.4. The molecule has 1 unspecified atom stereocenters. The highest BCUT2D eigenvalue weighted by Gasteiger charge is 2.09. The molecular formula is C9H13NO5. The number of carboxylic acid groups (broad SMARTS) is 1. The van der Waals surface area contributed by atoms with Crippen LogP contribution in [0.2, 0.25) is 0 Å². The molecule has 1 heterocycles. The molecular weight excluding hydrogens is 202 g/mol. The lowest BCUT2D eigenvalue weighted by molar-refractivity contribution is 0.0662. The van der Waals surface area contributed by atoms with E-state index in [0.717, 1.165) is 0 Å². The highest BCUT2D eigenvalue weighted by atomic mass is 16.5. The first-order chi connectivity index (χ1) is 7.13. The molecule has 0 amide bonds. The van der Waals surface area contributed by atoms with Gasteiger partial charge >= 0.3 is 5.97 Å². The quantitative estimate of drug-likeness (QED) is 0.636. The molecule has 0 aromatic carbocycles. The predicted molar refractivity (Wildman–Crippen MR) is 52.0 cm³/mol. The lowest BCUT2D eigenvalue weighted by atomic mass is 10.4. The lowest BCUT2D eigenvalue weighted by Crippen LogP contribution is -2.23. The number of aliphatic hydroxyl groups is 1. The van der Waals surface area contributed by atoms with Gasteiger partial charge in [0.2, 0.25) is 5.76 Å². The highest BCUT2D eigenvalue weighted by molar-refractivity contribution is 5.84. The molecule has 0 aliphatic heterocycles. The van der Waals surface area contributed by atoms with Crippen molar-refractivity contribution >= 4 is 11.9 Å². The molecule has 6 nitrogen and oxygen atoms in total. The molecule has 0 aliphatic rings. The molecule has 0 radical (unpaired) electrons. The van der Waals surface area contributed by atoms with E-state index < -0.39 is 12.1 Å². The topological polar surface area (TPSA) is 91.9 Å². The Hall–Kier alpha value is -1.53. The summed E-state index contributed by atoms with van der Waals surface area (Å²) in [5, 5.41) is 20.6. The summed E-state index contributed by atoms with van der Waals surface area (Å²) in [4.78, 5) is 10.5. The largest absolute Gasteiger partial charge is 0.475 e. The van der Waals surface area contributed by atoms with Crippen molar-refractivity contribution in [1.82, 2.24) is 0 Å². The fourth-order valence-electron chi connectivity index (χ4n) is 1.02. The minimum atomic E-state index is -1.12. The Labute approximate surface area is 86.5 Å². The van der Waals surface area contributed by atoms with Crippen LogP contribution >= 0.6 is 0 Å². The van der Waals surface area contributed by atoms with Gasteiger partial charge in [0.25, 0.3) is 0 Å². The van der Waals surface area contributed by atoms with Crippen molar-refractivity contribution in [2.45, 2.75) is 6.10 Å². The van der Waals surface area contributed by atoms with Gasteiger partial charge in [0.15, 0.2) is 5.88 Å². The van der Waals surface area contributed by atoms with Crippen molar-refractivity contribution in [1.29, 1.82) is 0 Å². The monoisotopic (exact) mass is 215 g/mol. The van der Waals surface area contributed by atoms with E-state index in [9.17, 15) is 9.90 Å². The number of carboxylic acids is 1. The highest BCUT2D eigenvalue weighted by Crippen LogP contribution is 2.12. The van der Waals surface area contributed by atoms with Crippen molar-refractivity contribution in [3.63, 3.8) is 0 Å². The summed E-state index contributed by atoms with van der Waals surface area (Å²) in [6.45, 7) is 0.444. The second-order valence-corrected chi connectivity index (χ2v) is 2.96. The van der Waals surface area contributed by atoms with Crippen molar-refractivity contribution in [2.75, 3.05) is 25.6 Å². The van der Waals surface area contributed by atoms with E-state index in [-0.39, 0.29) is 18.9 Å². The third-order valence-electron chi connectivity index (χ3n) is 1.69. The number of rotatable bonds is 6. The molecule has 15 heavy (non-hydrogen) atoms. The van der Waals surface area contributed by atoms with E-state index in [1.807, 2.05) is 0 Å². The molecule has 3 N–H and O–H groups in total. The summed E-state index contributed by atoms with van der Waals surface area (Å²) in [6.07, 6.45) is -0.659. The minimum Gasteiger partial charge on any atom is -0.475 e. The molecule has 0 aliphatic carbocycles. The van der Waals surface area contributed by atoms with E-state index in [4.69, 9.17) is 14.3 Å². The summed E-state index contributed by atoms with van der Waals surface area (Å²) >= 11 is 0. The van der Waals surface area contributed by atoms with Crippen molar-refractivity contribution in [3.8, 4) is 0 Å². The average molecular weight is 215 g/mol. The maximum Gasteiger partial charge on any atom is 0.371 e. The Bertz CT molecular complexity index is 322. The average Bonchev–Trinajstić information content (AvgIpc) is 2.63. The first kappa shape index (κ1) is 11.5. The maximum atomic E-state index is 10.5. The van der Waals surface area contributed by atoms with Gasteiger partial charge in [0.1, 0.15) is 0 Å². The van der Waals surface area contributed by atoms with E-state index in [1.165, 1.54) is 19.2 Å². The van der Waals surface area contributed by atoms with Gasteiger partial charge in [-0.3, -0.25) is 0 Å². The van der Waals surface area contributed by atoms with Gasteiger partial charge in [0, 0.05) is 19.7 Å². The number of nitrogens with one attached hydrogen (secondary N) is 1. The third kappa shape index (κ3) is 3.61. The molecule has 0 spiro atoms. The smallest absolute Gasteiger partial charge is 0.371 e. The van der Waals surface area contributed by atoms with Crippen LogP contribution in [0.1, 0.15) is 10.6 Å². The molecule has 1 aromatic heterocycles. The number of aliphatic hydroxyl groups excluding tert-OH is 1. The number of aromatic carboxylic acids is 1. The minimum absolute atomic E-state index is 0.140. The zero-order valence-electron chi connectivity index (χ0n) is 8.27. The molecule has 0 saturated carbocycles. The summed E-state index contributed by atoms with van der Waals surface area (Å²) in [5.74, 6) is -0.957. The summed E-state index contributed by atoms with van der Waals surface area (Å²) in [6, 6.07) is 2.83. The third-order valence-corrected chi connectivity index (χ3v) is 1.69. The first-order valence-electron chi connectivity index (χ1n) is 4.37. The van der Waals surface area contributed by atoms with Gasteiger partial charge in [-0.1, -0.05) is 0 Å². The Morgan fingerprint density at radius 1 is 1.67 bits per heavy atom. The van der Waals surface area contributed by atoms with Crippen molar-refractivity contribution in [2.24, 2.45) is 0 Å². The fourth-order valence-corrected chi connectivity index (χ4v) is 1.02. The molecule has 1 rings (SSSR count). The number of hydrogen-bond donors (Lipinski definition) is 3. The van der Waals surface area contributed by atoms with Gasteiger partial charge < -0.3 is 24.7 Å². The van der Waals surface area contributed by atoms with E-state index in [0.29, 0.717) is 5.88 Å². The van der Waals surface area contributed by atoms with Gasteiger partial charge in [0.05, 0.1) is 12.7 Å². The number of ether oxygens (including phenoxy) is 1. The summed E-state index contributed by atoms with van der Waals surface area (Å²) in [5.41, 5.74) is 0. The van der Waals surface area contributed by atoms with Crippen LogP contribution in [0.5, 0.6) is 0 Å². The number of furan rings is 1. The molecule has 1 aromatic rings. The van der Waals surface area contributed by atoms with Gasteiger partial charge in [-0.2, -0.15) is 0 Å². The first-order valence-corrected chi connectivity index (χ1v) is 4.37. The number of carbonyl (C=O) groups is 1. The second-order valence-electron chi connectivity index (χ2n) is 2.96. The van der Waals surface area contributed by atoms with E-state index >= 15 is 0 Å². The van der Waals surface area contributed by atoms with E-state index in [1.54, 1.807) is 0 Å². The Balaban J connectivity index is 2.40. The molecule has 0 bridgehead atoms. The van der Waals surface area contributed by atoms with E-state index in [2.05, 4.69) is 5.32 Å². The van der Waals surface area contributed by atoms with Crippen LogP contribution in [0.15, 0.2) is 16.5 Å². The van der Waals surface area contributed by atoms with Crippen LogP contribution in [0.4, 0.5) is 5.88 Å². The Morgan fingerprint density at radius 3 is 2.93 bits per heavy atom. The number of hydrogen-bond acceptors (Lipinski definition) is 5. The summed E-state index contributed by atoms with van der Waals surface area (Å²) in [7, 11) is 1.48. The van der Waals surface area contributed by atoms with Crippen LogP contribution < -0.4 is 5.32 Å². The molecule has 0 saturated heterocycles. The standard InChI is InChI=1S/C9H13NO5/c1-14-5-6(11)4-10-8-3-2-7(15-8)9(12)13/h2-3,6,10-11H,4-5H2,1H3,(H,12,13). The van der Waals surface area contributed by atoms with Crippen LogP contribution in [0, 0.1) is 0 Å². The lowest BCUT2D eigenvalue weighted by Gasteiger charge is -2.09. The molecule has 1 atom stereocenters. The zero-order chi connectivity index (χ0) is 11.3. The van der Waals surface area contributed by atoms with Gasteiger partial charge in [-0.15, -0.1) is 0 Å². The SMILES string of the molecule is COCC(O)CNc1ccc(C(=O)O)o1. The predicted octanol–water partition coefficient (Wildman–Crippen LogP) is 0.397. The van der Waals surface area contributed by atoms with Gasteiger partial charge in [-0.05, 0) is 6.07 Å². The van der Waals surface area contributed by atoms with Crippen molar-refractivity contribution in [3.05, 3.63) is 17.9 Å². The van der Waals surface area contributed by atoms with Crippen molar-refractivity contribution < 1.29 is 24.2 Å². The fraction of sp³-hybridized carbons (Fsp3) is 0.444.